The summed E-state index contributed by atoms with van der Waals surface area (Å²) in [6.45, 7) is 3.09. The van der Waals surface area contributed by atoms with Gasteiger partial charge in [0.15, 0.2) is 5.67 Å². The van der Waals surface area contributed by atoms with Gasteiger partial charge in [-0.15, -0.1) is 0 Å². The largest absolute Gasteiger partial charge is 0.462 e. The Morgan fingerprint density at radius 2 is 1.64 bits per heavy atom. The van der Waals surface area contributed by atoms with Gasteiger partial charge in [-0.2, -0.15) is 0 Å². The van der Waals surface area contributed by atoms with Crippen LogP contribution in [0.15, 0.2) is 0 Å². The summed E-state index contributed by atoms with van der Waals surface area (Å²) in [5.41, 5.74) is -5.72. The van der Waals surface area contributed by atoms with Gasteiger partial charge in [0.2, 0.25) is 9.04 Å². The van der Waals surface area contributed by atoms with E-state index in [9.17, 15) is 13.2 Å². The third-order valence-electron chi connectivity index (χ3n) is 1.66. The first-order valence-corrected chi connectivity index (χ1v) is 6.35. The topological polar surface area (TPSA) is 9.23 Å². The Balaban J connectivity index is 4.45. The van der Waals surface area contributed by atoms with E-state index in [4.69, 9.17) is 0 Å². The van der Waals surface area contributed by atoms with Crippen molar-refractivity contribution in [2.24, 2.45) is 0 Å². The number of alkyl halides is 3. The zero-order valence-corrected chi connectivity index (χ0v) is 10.3. The molecule has 0 amide bonds. The maximum Gasteiger partial charge on any atom is 0.285 e. The standard InChI is InChI=1S/C5H13F3OSi2/c1-4(2,6)5(7,8)11(3)9-10/h11H,1-3,10H3. The fourth-order valence-electron chi connectivity index (χ4n) is 0.631. The van der Waals surface area contributed by atoms with Gasteiger partial charge in [0.25, 0.3) is 5.55 Å². The molecular formula is C5H13F3OSi2. The van der Waals surface area contributed by atoms with Crippen molar-refractivity contribution in [2.45, 2.75) is 31.6 Å². The summed E-state index contributed by atoms with van der Waals surface area (Å²) in [7, 11) is -2.41. The maximum absolute atomic E-state index is 12.9. The summed E-state index contributed by atoms with van der Waals surface area (Å²) in [4.78, 5) is 0. The average molecular weight is 202 g/mol. The lowest BCUT2D eigenvalue weighted by Crippen LogP contribution is -2.51. The van der Waals surface area contributed by atoms with Gasteiger partial charge >= 0.3 is 0 Å². The number of hydrogen-bond donors (Lipinski definition) is 0. The SMILES string of the molecule is C[SiH](O[SiH3])C(F)(F)C(C)(C)F. The molecule has 0 bridgehead atoms. The summed E-state index contributed by atoms with van der Waals surface area (Å²) in [6.07, 6.45) is 0. The Bertz CT molecular complexity index is 134. The Morgan fingerprint density at radius 3 is 1.73 bits per heavy atom. The molecule has 0 aliphatic heterocycles. The smallest absolute Gasteiger partial charge is 0.285 e. The predicted molar refractivity (Wildman–Crippen MR) is 44.2 cm³/mol. The number of halogens is 3. The molecule has 0 spiro atoms. The van der Waals surface area contributed by atoms with Gasteiger partial charge in [-0.25, -0.2) is 13.2 Å². The molecule has 11 heavy (non-hydrogen) atoms. The van der Waals surface area contributed by atoms with Crippen molar-refractivity contribution >= 4 is 19.5 Å². The van der Waals surface area contributed by atoms with Crippen molar-refractivity contribution in [1.82, 2.24) is 0 Å². The molecule has 0 heterocycles. The summed E-state index contributed by atoms with van der Waals surface area (Å²) in [5.74, 6) is 0. The molecule has 68 valence electrons. The Labute approximate surface area is 69.2 Å². The van der Waals surface area contributed by atoms with E-state index in [0.717, 1.165) is 13.8 Å². The maximum atomic E-state index is 12.9. The highest BCUT2D eigenvalue weighted by Crippen LogP contribution is 2.33. The second-order valence-corrected chi connectivity index (χ2v) is 6.87. The lowest BCUT2D eigenvalue weighted by atomic mass is 10.2. The van der Waals surface area contributed by atoms with Crippen LogP contribution in [0, 0.1) is 0 Å². The van der Waals surface area contributed by atoms with E-state index in [1.165, 1.54) is 6.55 Å². The third-order valence-corrected chi connectivity index (χ3v) is 6.19. The van der Waals surface area contributed by atoms with Crippen LogP contribution in [0.1, 0.15) is 13.8 Å². The minimum Gasteiger partial charge on any atom is -0.462 e. The quantitative estimate of drug-likeness (QED) is 0.608. The molecule has 0 aromatic carbocycles. The molecule has 0 rings (SSSR count). The fourth-order valence-corrected chi connectivity index (χ4v) is 2.78. The average Bonchev–Trinajstić information content (AvgIpc) is 1.83. The summed E-state index contributed by atoms with van der Waals surface area (Å²) < 4.78 is 43.3. The van der Waals surface area contributed by atoms with E-state index in [1.807, 2.05) is 0 Å². The second-order valence-electron chi connectivity index (χ2n) is 2.97. The van der Waals surface area contributed by atoms with Crippen molar-refractivity contribution in [3.8, 4) is 0 Å². The molecule has 0 aromatic rings. The zero-order valence-electron chi connectivity index (χ0n) is 7.12. The van der Waals surface area contributed by atoms with Gasteiger partial charge in [-0.3, -0.25) is 0 Å². The van der Waals surface area contributed by atoms with Crippen LogP contribution in [0.5, 0.6) is 0 Å². The van der Waals surface area contributed by atoms with Crippen LogP contribution in [0.25, 0.3) is 0 Å². The molecule has 1 atom stereocenters. The number of rotatable bonds is 3. The van der Waals surface area contributed by atoms with Gasteiger partial charge in [0.05, 0.1) is 0 Å². The third kappa shape index (κ3) is 2.31. The minimum absolute atomic E-state index is 0.252. The Hall–Kier alpha value is 0.184. The molecule has 0 aromatic heterocycles. The summed E-state index contributed by atoms with van der Waals surface area (Å²) in [6, 6.07) is 0. The fraction of sp³-hybridized carbons (Fsp3) is 1.00. The highest BCUT2D eigenvalue weighted by Gasteiger charge is 2.52. The molecule has 0 fully saturated rings. The van der Waals surface area contributed by atoms with Crippen LogP contribution < -0.4 is 0 Å². The van der Waals surface area contributed by atoms with Gasteiger partial charge in [-0.05, 0) is 20.4 Å². The van der Waals surface area contributed by atoms with Crippen molar-refractivity contribution in [3.05, 3.63) is 0 Å². The Kier molecular flexibility index (Phi) is 3.33. The Morgan fingerprint density at radius 1 is 1.27 bits per heavy atom. The highest BCUT2D eigenvalue weighted by atomic mass is 28.3. The number of hydrogen-bond acceptors (Lipinski definition) is 1. The minimum atomic E-state index is -3.27. The molecule has 6 heteroatoms. The van der Waals surface area contributed by atoms with Crippen LogP contribution >= 0.6 is 0 Å². The molecular weight excluding hydrogens is 189 g/mol. The first-order valence-electron chi connectivity index (χ1n) is 3.33. The lowest BCUT2D eigenvalue weighted by Gasteiger charge is -2.30. The summed E-state index contributed by atoms with van der Waals surface area (Å²) >= 11 is 0. The van der Waals surface area contributed by atoms with Crippen LogP contribution in [-0.2, 0) is 4.12 Å². The molecule has 0 saturated heterocycles. The van der Waals surface area contributed by atoms with Gasteiger partial charge in [-0.1, -0.05) is 0 Å². The van der Waals surface area contributed by atoms with E-state index in [1.54, 1.807) is 0 Å². The van der Waals surface area contributed by atoms with Crippen molar-refractivity contribution in [1.29, 1.82) is 0 Å². The van der Waals surface area contributed by atoms with E-state index in [-0.39, 0.29) is 10.5 Å². The van der Waals surface area contributed by atoms with E-state index in [2.05, 4.69) is 4.12 Å². The first-order chi connectivity index (χ1) is 4.73. The molecule has 0 N–H and O–H groups in total. The second kappa shape index (κ2) is 3.28. The summed E-state index contributed by atoms with van der Waals surface area (Å²) in [5, 5.41) is 0. The van der Waals surface area contributed by atoms with Crippen molar-refractivity contribution < 1.29 is 17.3 Å². The molecule has 0 aliphatic rings. The van der Waals surface area contributed by atoms with Crippen LogP contribution in [0.2, 0.25) is 6.55 Å². The first kappa shape index (κ1) is 11.2. The van der Waals surface area contributed by atoms with Gasteiger partial charge in [0, 0.05) is 0 Å². The van der Waals surface area contributed by atoms with Crippen molar-refractivity contribution in [2.75, 3.05) is 0 Å². The van der Waals surface area contributed by atoms with E-state index >= 15 is 0 Å². The normalized spacial score (nSPS) is 16.9. The van der Waals surface area contributed by atoms with E-state index < -0.39 is 20.3 Å². The monoisotopic (exact) mass is 202 g/mol. The highest BCUT2D eigenvalue weighted by molar-refractivity contribution is 6.57. The van der Waals surface area contributed by atoms with Crippen LogP contribution in [-0.4, -0.2) is 30.7 Å². The van der Waals surface area contributed by atoms with Gasteiger partial charge < -0.3 is 4.12 Å². The lowest BCUT2D eigenvalue weighted by molar-refractivity contribution is -0.0623. The van der Waals surface area contributed by atoms with E-state index in [0.29, 0.717) is 0 Å². The van der Waals surface area contributed by atoms with Crippen LogP contribution in [0.4, 0.5) is 13.2 Å². The molecule has 1 unspecified atom stereocenters. The molecule has 0 saturated carbocycles. The van der Waals surface area contributed by atoms with Crippen LogP contribution in [0.3, 0.4) is 0 Å². The van der Waals surface area contributed by atoms with Crippen molar-refractivity contribution in [3.63, 3.8) is 0 Å². The molecule has 0 aliphatic carbocycles. The molecule has 0 radical (unpaired) electrons. The van der Waals surface area contributed by atoms with Gasteiger partial charge in [0.1, 0.15) is 10.5 Å². The predicted octanol–water partition coefficient (Wildman–Crippen LogP) is 0.560. The zero-order chi connectivity index (χ0) is 9.28. The molecule has 1 nitrogen and oxygen atoms in total.